The van der Waals surface area contributed by atoms with Crippen LogP contribution in [0.15, 0.2) is 18.2 Å². The molecule has 1 aliphatic carbocycles. The minimum atomic E-state index is -0.850. The van der Waals surface area contributed by atoms with Gasteiger partial charge >= 0.3 is 5.97 Å². The number of fused-ring (bicyclic) bond motifs is 1. The van der Waals surface area contributed by atoms with Crippen molar-refractivity contribution in [2.24, 2.45) is 11.8 Å². The number of methoxy groups -OCH3 is 1. The topological polar surface area (TPSA) is 66.8 Å². The zero-order valence-electron chi connectivity index (χ0n) is 13.8. The van der Waals surface area contributed by atoms with Crippen LogP contribution in [0.3, 0.4) is 0 Å². The number of hydrogen-bond donors (Lipinski definition) is 1. The molecule has 0 spiro atoms. The van der Waals surface area contributed by atoms with Crippen LogP contribution in [0.5, 0.6) is 5.75 Å². The van der Waals surface area contributed by atoms with E-state index in [9.17, 15) is 14.7 Å². The van der Waals surface area contributed by atoms with Crippen molar-refractivity contribution in [1.82, 2.24) is 4.90 Å². The van der Waals surface area contributed by atoms with Gasteiger partial charge in [0.15, 0.2) is 0 Å². The van der Waals surface area contributed by atoms with Crippen molar-refractivity contribution >= 4 is 11.9 Å². The minimum absolute atomic E-state index is 0.00915. The lowest BCUT2D eigenvalue weighted by Gasteiger charge is -2.45. The molecule has 1 aromatic rings. The van der Waals surface area contributed by atoms with Gasteiger partial charge in [0.1, 0.15) is 5.75 Å². The summed E-state index contributed by atoms with van der Waals surface area (Å²) in [7, 11) is 1.65. The molecule has 1 heterocycles. The summed E-state index contributed by atoms with van der Waals surface area (Å²) in [6.45, 7) is 4.05. The Bertz CT molecular complexity index is 642. The highest BCUT2D eigenvalue weighted by Gasteiger charge is 2.46. The Morgan fingerprint density at radius 2 is 1.91 bits per heavy atom. The largest absolute Gasteiger partial charge is 0.497 e. The van der Waals surface area contributed by atoms with E-state index in [0.717, 1.165) is 17.7 Å². The van der Waals surface area contributed by atoms with Gasteiger partial charge in [0.25, 0.3) is 0 Å². The van der Waals surface area contributed by atoms with Gasteiger partial charge in [-0.3, -0.25) is 9.59 Å². The molecular weight excluding hydrogens is 294 g/mol. The fourth-order valence-corrected chi connectivity index (χ4v) is 3.93. The van der Waals surface area contributed by atoms with Crippen LogP contribution in [0.25, 0.3) is 0 Å². The van der Waals surface area contributed by atoms with Crippen molar-refractivity contribution in [3.63, 3.8) is 0 Å². The number of aliphatic carboxylic acids is 1. The van der Waals surface area contributed by atoms with Crippen molar-refractivity contribution in [3.05, 3.63) is 29.3 Å². The summed E-state index contributed by atoms with van der Waals surface area (Å²) < 4.78 is 5.28. The van der Waals surface area contributed by atoms with Crippen LogP contribution in [0.2, 0.25) is 0 Å². The Balaban J connectivity index is 1.86. The molecule has 1 aliphatic heterocycles. The molecule has 1 saturated carbocycles. The van der Waals surface area contributed by atoms with Gasteiger partial charge in [-0.25, -0.2) is 0 Å². The van der Waals surface area contributed by atoms with E-state index < -0.39 is 11.9 Å². The van der Waals surface area contributed by atoms with Crippen LogP contribution in [-0.4, -0.2) is 35.0 Å². The van der Waals surface area contributed by atoms with E-state index in [2.05, 4.69) is 0 Å². The molecule has 4 atom stereocenters. The van der Waals surface area contributed by atoms with E-state index in [4.69, 9.17) is 4.74 Å². The lowest BCUT2D eigenvalue weighted by Crippen LogP contribution is -2.52. The van der Waals surface area contributed by atoms with Crippen LogP contribution >= 0.6 is 0 Å². The maximum atomic E-state index is 12.9. The molecule has 1 amide bonds. The minimum Gasteiger partial charge on any atom is -0.497 e. The first-order valence-electron chi connectivity index (χ1n) is 8.15. The van der Waals surface area contributed by atoms with Crippen molar-refractivity contribution in [2.45, 2.75) is 45.2 Å². The van der Waals surface area contributed by atoms with Gasteiger partial charge in [-0.2, -0.15) is 0 Å². The molecule has 2 aliphatic rings. The monoisotopic (exact) mass is 317 g/mol. The van der Waals surface area contributed by atoms with Gasteiger partial charge in [-0.15, -0.1) is 0 Å². The van der Waals surface area contributed by atoms with E-state index in [-0.39, 0.29) is 23.9 Å². The third kappa shape index (κ3) is 2.58. The molecule has 1 N–H and O–H groups in total. The van der Waals surface area contributed by atoms with Crippen molar-refractivity contribution in [2.75, 3.05) is 7.11 Å². The number of carbonyl (C=O) groups is 2. The second-order valence-corrected chi connectivity index (χ2v) is 6.67. The summed E-state index contributed by atoms with van der Waals surface area (Å²) in [4.78, 5) is 26.0. The van der Waals surface area contributed by atoms with Gasteiger partial charge in [-0.05, 0) is 56.4 Å². The Labute approximate surface area is 136 Å². The molecule has 0 bridgehead atoms. The fourth-order valence-electron chi connectivity index (χ4n) is 3.93. The lowest BCUT2D eigenvalue weighted by atomic mass is 9.72. The lowest BCUT2D eigenvalue weighted by molar-refractivity contribution is -0.159. The Morgan fingerprint density at radius 3 is 2.48 bits per heavy atom. The fraction of sp³-hybridized carbons (Fsp3) is 0.556. The molecule has 124 valence electrons. The molecule has 1 aromatic carbocycles. The maximum Gasteiger partial charge on any atom is 0.307 e. The summed E-state index contributed by atoms with van der Waals surface area (Å²) in [5, 5.41) is 9.21. The third-order valence-corrected chi connectivity index (χ3v) is 5.37. The molecule has 23 heavy (non-hydrogen) atoms. The highest BCUT2D eigenvalue weighted by molar-refractivity contribution is 5.87. The second kappa shape index (κ2) is 5.87. The number of carboxylic acid groups (broad SMARTS) is 1. The first-order chi connectivity index (χ1) is 10.9. The van der Waals surface area contributed by atoms with Crippen LogP contribution in [-0.2, 0) is 16.0 Å². The zero-order valence-corrected chi connectivity index (χ0v) is 13.8. The maximum absolute atomic E-state index is 12.9. The first kappa shape index (κ1) is 15.8. The molecule has 3 rings (SSSR count). The number of benzene rings is 1. The highest BCUT2D eigenvalue weighted by atomic mass is 16.5. The standard InChI is InChI=1S/C18H23NO4/c1-10-8-12-9-13(23-3)4-5-14(12)11(2)19(10)17(20)15-6-7-16(15)18(21)22/h4-5,9-11,15-16H,6-8H2,1-3H3,(H,21,22). The summed E-state index contributed by atoms with van der Waals surface area (Å²) in [6, 6.07) is 5.99. The molecule has 0 aromatic heterocycles. The predicted molar refractivity (Wildman–Crippen MR) is 85.3 cm³/mol. The molecule has 5 nitrogen and oxygen atoms in total. The van der Waals surface area contributed by atoms with Gasteiger partial charge in [0.05, 0.1) is 25.0 Å². The molecule has 0 radical (unpaired) electrons. The average Bonchev–Trinajstić information content (AvgIpc) is 2.44. The molecule has 0 saturated heterocycles. The van der Waals surface area contributed by atoms with E-state index in [0.29, 0.717) is 12.8 Å². The SMILES string of the molecule is COc1ccc2c(c1)CC(C)N(C(=O)C1CCC1C(=O)O)C2C. The molecule has 4 unspecified atom stereocenters. The first-order valence-corrected chi connectivity index (χ1v) is 8.15. The van der Waals surface area contributed by atoms with Crippen molar-refractivity contribution in [1.29, 1.82) is 0 Å². The van der Waals surface area contributed by atoms with E-state index in [1.807, 2.05) is 36.9 Å². The molecular formula is C18H23NO4. The van der Waals surface area contributed by atoms with Crippen molar-refractivity contribution in [3.8, 4) is 5.75 Å². The molecule has 1 fully saturated rings. The number of carbonyl (C=O) groups excluding carboxylic acids is 1. The van der Waals surface area contributed by atoms with Crippen LogP contribution in [0.1, 0.15) is 43.9 Å². The molecule has 5 heteroatoms. The zero-order chi connectivity index (χ0) is 16.7. The number of hydrogen-bond acceptors (Lipinski definition) is 3. The van der Waals surface area contributed by atoms with Crippen LogP contribution < -0.4 is 4.74 Å². The van der Waals surface area contributed by atoms with Gasteiger partial charge in [0, 0.05) is 6.04 Å². The Kier molecular flexibility index (Phi) is 4.04. The van der Waals surface area contributed by atoms with Gasteiger partial charge in [0.2, 0.25) is 5.91 Å². The smallest absolute Gasteiger partial charge is 0.307 e. The van der Waals surface area contributed by atoms with Gasteiger partial charge < -0.3 is 14.7 Å². The average molecular weight is 317 g/mol. The third-order valence-electron chi connectivity index (χ3n) is 5.37. The highest BCUT2D eigenvalue weighted by Crippen LogP contribution is 2.41. The number of nitrogens with zero attached hydrogens (tertiary/aromatic N) is 1. The van der Waals surface area contributed by atoms with E-state index >= 15 is 0 Å². The number of carboxylic acids is 1. The predicted octanol–water partition coefficient (Wildman–Crippen LogP) is 2.64. The number of ether oxygens (including phenoxy) is 1. The normalized spacial score (nSPS) is 29.4. The summed E-state index contributed by atoms with van der Waals surface area (Å²) in [6.07, 6.45) is 2.06. The second-order valence-electron chi connectivity index (χ2n) is 6.67. The van der Waals surface area contributed by atoms with Crippen LogP contribution in [0.4, 0.5) is 0 Å². The number of amides is 1. The van der Waals surface area contributed by atoms with Crippen LogP contribution in [0, 0.1) is 11.8 Å². The Morgan fingerprint density at radius 1 is 1.22 bits per heavy atom. The Hall–Kier alpha value is -2.04. The summed E-state index contributed by atoms with van der Waals surface area (Å²) in [5.41, 5.74) is 2.33. The van der Waals surface area contributed by atoms with E-state index in [1.165, 1.54) is 5.56 Å². The van der Waals surface area contributed by atoms with E-state index in [1.54, 1.807) is 7.11 Å². The van der Waals surface area contributed by atoms with Crippen molar-refractivity contribution < 1.29 is 19.4 Å². The summed E-state index contributed by atoms with van der Waals surface area (Å²) >= 11 is 0. The number of rotatable bonds is 3. The van der Waals surface area contributed by atoms with Gasteiger partial charge in [-0.1, -0.05) is 6.07 Å². The quantitative estimate of drug-likeness (QED) is 0.930. The summed E-state index contributed by atoms with van der Waals surface area (Å²) in [5.74, 6) is -0.911.